The van der Waals surface area contributed by atoms with Crippen LogP contribution < -0.4 is 5.32 Å². The van der Waals surface area contributed by atoms with Gasteiger partial charge in [0.15, 0.2) is 5.11 Å². The van der Waals surface area contributed by atoms with Gasteiger partial charge in [-0.15, -0.1) is 0 Å². The SMILES string of the molecule is O=C1/C(=C\CC(F)(F)F)NC(=S)N1Cc1ccco1. The normalized spacial score (nSPS) is 18.3. The Morgan fingerprint density at radius 1 is 1.47 bits per heavy atom. The molecule has 1 aromatic heterocycles. The van der Waals surface area contributed by atoms with E-state index in [-0.39, 0.29) is 17.4 Å². The van der Waals surface area contributed by atoms with Gasteiger partial charge in [-0.05, 0) is 30.4 Å². The molecule has 1 fully saturated rings. The smallest absolute Gasteiger partial charge is 0.392 e. The molecule has 0 unspecified atom stereocenters. The zero-order chi connectivity index (χ0) is 14.0. The number of allylic oxidation sites excluding steroid dienone is 1. The van der Waals surface area contributed by atoms with Gasteiger partial charge in [-0.25, -0.2) is 0 Å². The molecule has 2 heterocycles. The molecule has 19 heavy (non-hydrogen) atoms. The van der Waals surface area contributed by atoms with Crippen LogP contribution in [0.4, 0.5) is 13.2 Å². The summed E-state index contributed by atoms with van der Waals surface area (Å²) in [5.74, 6) is -0.0970. The molecule has 0 spiro atoms. The minimum Gasteiger partial charge on any atom is -0.467 e. The Kier molecular flexibility index (Phi) is 3.61. The third-order valence-corrected chi connectivity index (χ3v) is 2.72. The molecule has 4 nitrogen and oxygen atoms in total. The van der Waals surface area contributed by atoms with Gasteiger partial charge in [0, 0.05) is 0 Å². The third kappa shape index (κ3) is 3.34. The highest BCUT2D eigenvalue weighted by molar-refractivity contribution is 7.80. The molecule has 1 aliphatic heterocycles. The predicted octanol–water partition coefficient (Wildman–Crippen LogP) is 2.33. The molecule has 8 heteroatoms. The third-order valence-electron chi connectivity index (χ3n) is 2.39. The molecular formula is C11H9F3N2O2S. The predicted molar refractivity (Wildman–Crippen MR) is 63.7 cm³/mol. The van der Waals surface area contributed by atoms with Crippen LogP contribution in [0.15, 0.2) is 34.6 Å². The van der Waals surface area contributed by atoms with Crippen LogP contribution in [0.1, 0.15) is 12.2 Å². The molecule has 1 saturated heterocycles. The zero-order valence-corrected chi connectivity index (χ0v) is 10.3. The van der Waals surface area contributed by atoms with Crippen molar-refractivity contribution >= 4 is 23.2 Å². The number of hydrogen-bond acceptors (Lipinski definition) is 3. The fourth-order valence-corrected chi connectivity index (χ4v) is 1.79. The zero-order valence-electron chi connectivity index (χ0n) is 9.53. The highest BCUT2D eigenvalue weighted by Crippen LogP contribution is 2.22. The average Bonchev–Trinajstić information content (AvgIpc) is 2.89. The molecule has 0 atom stereocenters. The summed E-state index contributed by atoms with van der Waals surface area (Å²) in [4.78, 5) is 13.0. The maximum Gasteiger partial charge on any atom is 0.392 e. The summed E-state index contributed by atoms with van der Waals surface area (Å²) in [6.07, 6.45) is -3.31. The van der Waals surface area contributed by atoms with Gasteiger partial charge in [-0.3, -0.25) is 9.69 Å². The first kappa shape index (κ1) is 13.6. The van der Waals surface area contributed by atoms with Crippen LogP contribution in [0, 0.1) is 0 Å². The molecule has 1 aliphatic rings. The van der Waals surface area contributed by atoms with E-state index in [1.165, 1.54) is 6.26 Å². The second-order valence-corrected chi connectivity index (χ2v) is 4.22. The Bertz CT molecular complexity index is 523. The van der Waals surface area contributed by atoms with Crippen molar-refractivity contribution in [3.05, 3.63) is 35.9 Å². The van der Waals surface area contributed by atoms with E-state index in [9.17, 15) is 18.0 Å². The Labute approximate surface area is 111 Å². The van der Waals surface area contributed by atoms with Gasteiger partial charge in [-0.2, -0.15) is 13.2 Å². The molecule has 0 radical (unpaired) electrons. The van der Waals surface area contributed by atoms with Gasteiger partial charge in [0.2, 0.25) is 0 Å². The van der Waals surface area contributed by atoms with E-state index in [4.69, 9.17) is 16.6 Å². The topological polar surface area (TPSA) is 45.5 Å². The average molecular weight is 290 g/mol. The number of nitrogens with one attached hydrogen (secondary N) is 1. The molecule has 0 bridgehead atoms. The van der Waals surface area contributed by atoms with Crippen LogP contribution in [0.25, 0.3) is 0 Å². The number of carbonyl (C=O) groups is 1. The van der Waals surface area contributed by atoms with Gasteiger partial charge in [-0.1, -0.05) is 0 Å². The summed E-state index contributed by atoms with van der Waals surface area (Å²) in [7, 11) is 0. The second-order valence-electron chi connectivity index (χ2n) is 3.84. The summed E-state index contributed by atoms with van der Waals surface area (Å²) in [6.45, 7) is 0.0843. The number of furan rings is 1. The molecule has 1 N–H and O–H groups in total. The summed E-state index contributed by atoms with van der Waals surface area (Å²) in [6, 6.07) is 3.29. The molecular weight excluding hydrogens is 281 g/mol. The molecule has 0 aliphatic carbocycles. The van der Waals surface area contributed by atoms with E-state index in [0.717, 1.165) is 11.0 Å². The Morgan fingerprint density at radius 3 is 2.79 bits per heavy atom. The molecule has 102 valence electrons. The van der Waals surface area contributed by atoms with Crippen molar-refractivity contribution in [1.82, 2.24) is 10.2 Å². The lowest BCUT2D eigenvalue weighted by atomic mass is 10.3. The first-order chi connectivity index (χ1) is 8.87. The second kappa shape index (κ2) is 5.04. The molecule has 0 aromatic carbocycles. The maximum absolute atomic E-state index is 12.1. The van der Waals surface area contributed by atoms with Crippen molar-refractivity contribution in [2.24, 2.45) is 0 Å². The van der Waals surface area contributed by atoms with Crippen LogP contribution in [0.5, 0.6) is 0 Å². The van der Waals surface area contributed by atoms with Gasteiger partial charge < -0.3 is 9.73 Å². The Balaban J connectivity index is 2.08. The number of amides is 1. The number of hydrogen-bond donors (Lipinski definition) is 1. The number of nitrogens with zero attached hydrogens (tertiary/aromatic N) is 1. The highest BCUT2D eigenvalue weighted by Gasteiger charge is 2.33. The lowest BCUT2D eigenvalue weighted by Crippen LogP contribution is -2.29. The fraction of sp³-hybridized carbons (Fsp3) is 0.273. The molecule has 0 saturated carbocycles. The van der Waals surface area contributed by atoms with E-state index < -0.39 is 18.5 Å². The summed E-state index contributed by atoms with van der Waals surface area (Å²) >= 11 is 4.91. The van der Waals surface area contributed by atoms with Crippen LogP contribution in [0.2, 0.25) is 0 Å². The lowest BCUT2D eigenvalue weighted by Gasteiger charge is -2.11. The molecule has 1 aromatic rings. The monoisotopic (exact) mass is 290 g/mol. The number of thiocarbonyl (C=S) groups is 1. The van der Waals surface area contributed by atoms with Crippen LogP contribution >= 0.6 is 12.2 Å². The van der Waals surface area contributed by atoms with Crippen molar-refractivity contribution in [3.63, 3.8) is 0 Å². The van der Waals surface area contributed by atoms with Crippen LogP contribution in [0.3, 0.4) is 0 Å². The quantitative estimate of drug-likeness (QED) is 0.685. The lowest BCUT2D eigenvalue weighted by molar-refractivity contribution is -0.125. The van der Waals surface area contributed by atoms with Gasteiger partial charge in [0.05, 0.1) is 19.2 Å². The number of carbonyl (C=O) groups excluding carboxylic acids is 1. The van der Waals surface area contributed by atoms with Gasteiger partial charge in [0.1, 0.15) is 11.5 Å². The van der Waals surface area contributed by atoms with E-state index in [0.29, 0.717) is 5.76 Å². The van der Waals surface area contributed by atoms with Gasteiger partial charge >= 0.3 is 6.18 Å². The standard InChI is InChI=1S/C11H9F3N2O2S/c12-11(13,14)4-3-8-9(17)16(10(19)15-8)6-7-2-1-5-18-7/h1-3,5H,4,6H2,(H,15,19)/b8-3+. The van der Waals surface area contributed by atoms with Crippen molar-refractivity contribution in [2.45, 2.75) is 19.1 Å². The van der Waals surface area contributed by atoms with Crippen LogP contribution in [-0.4, -0.2) is 22.1 Å². The largest absolute Gasteiger partial charge is 0.467 e. The van der Waals surface area contributed by atoms with Gasteiger partial charge in [0.25, 0.3) is 5.91 Å². The number of rotatable bonds is 3. The molecule has 1 amide bonds. The fourth-order valence-electron chi connectivity index (χ4n) is 1.53. The van der Waals surface area contributed by atoms with Crippen molar-refractivity contribution in [2.75, 3.05) is 0 Å². The first-order valence-corrected chi connectivity index (χ1v) is 5.70. The Morgan fingerprint density at radius 2 is 2.21 bits per heavy atom. The molecule has 2 rings (SSSR count). The first-order valence-electron chi connectivity index (χ1n) is 5.29. The van der Waals surface area contributed by atoms with Crippen molar-refractivity contribution in [3.8, 4) is 0 Å². The highest BCUT2D eigenvalue weighted by atomic mass is 32.1. The number of halogens is 3. The van der Waals surface area contributed by atoms with Crippen molar-refractivity contribution in [1.29, 1.82) is 0 Å². The minimum absolute atomic E-state index is 0.0647. The van der Waals surface area contributed by atoms with Crippen LogP contribution in [-0.2, 0) is 11.3 Å². The summed E-state index contributed by atoms with van der Waals surface area (Å²) < 4.78 is 41.3. The van der Waals surface area contributed by atoms with E-state index >= 15 is 0 Å². The van der Waals surface area contributed by atoms with E-state index in [1.54, 1.807) is 12.1 Å². The summed E-state index contributed by atoms with van der Waals surface area (Å²) in [5, 5.41) is 2.53. The van der Waals surface area contributed by atoms with Crippen molar-refractivity contribution < 1.29 is 22.4 Å². The van der Waals surface area contributed by atoms with E-state index in [1.807, 2.05) is 0 Å². The van der Waals surface area contributed by atoms with E-state index in [2.05, 4.69) is 5.32 Å². The number of alkyl halides is 3. The Hall–Kier alpha value is -1.83. The maximum atomic E-state index is 12.1. The minimum atomic E-state index is -4.36. The summed E-state index contributed by atoms with van der Waals surface area (Å²) in [5.41, 5.74) is -0.158.